The van der Waals surface area contributed by atoms with E-state index in [9.17, 15) is 13.2 Å². The van der Waals surface area contributed by atoms with E-state index in [4.69, 9.17) is 0 Å². The fourth-order valence-corrected chi connectivity index (χ4v) is 4.02. The molecule has 8 heteroatoms. The summed E-state index contributed by atoms with van der Waals surface area (Å²) in [6.07, 6.45) is 0. The minimum absolute atomic E-state index is 0.0225. The smallest absolute Gasteiger partial charge is 0.319 e. The zero-order valence-corrected chi connectivity index (χ0v) is 13.6. The molecular weight excluding hydrogens is 310 g/mol. The summed E-state index contributed by atoms with van der Waals surface area (Å²) in [6, 6.07) is 4.87. The van der Waals surface area contributed by atoms with Crippen LogP contribution in [0, 0.1) is 0 Å². The molecule has 0 bridgehead atoms. The van der Waals surface area contributed by atoms with Crippen LogP contribution in [0.2, 0.25) is 0 Å². The molecule has 1 aromatic heterocycles. The second-order valence-electron chi connectivity index (χ2n) is 4.82. The highest BCUT2D eigenvalue weighted by Crippen LogP contribution is 2.28. The van der Waals surface area contributed by atoms with E-state index in [2.05, 4.69) is 15.6 Å². The molecule has 6 nitrogen and oxygen atoms in total. The molecule has 0 fully saturated rings. The molecule has 2 rings (SSSR count). The number of fused-ring (bicyclic) bond motifs is 1. The number of hydrogen-bond donors (Lipinski definition) is 2. The number of urea groups is 1. The number of benzene rings is 1. The van der Waals surface area contributed by atoms with E-state index in [1.54, 1.807) is 25.1 Å². The Morgan fingerprint density at radius 3 is 2.71 bits per heavy atom. The minimum atomic E-state index is -3.30. The Labute approximate surface area is 127 Å². The summed E-state index contributed by atoms with van der Waals surface area (Å²) in [5, 5.41) is 5.43. The number of amides is 2. The zero-order valence-electron chi connectivity index (χ0n) is 12.0. The Hall–Kier alpha value is -1.67. The first-order valence-corrected chi connectivity index (χ1v) is 8.99. The Bertz CT molecular complexity index is 766. The number of thiazole rings is 1. The lowest BCUT2D eigenvalue weighted by atomic mass is 10.3. The van der Waals surface area contributed by atoms with Gasteiger partial charge in [-0.3, -0.25) is 0 Å². The molecule has 114 valence electrons. The first kappa shape index (κ1) is 15.7. The van der Waals surface area contributed by atoms with Crippen LogP contribution in [0.1, 0.15) is 20.8 Å². The van der Waals surface area contributed by atoms with Crippen LogP contribution >= 0.6 is 11.3 Å². The van der Waals surface area contributed by atoms with Gasteiger partial charge in [-0.15, -0.1) is 11.3 Å². The number of hydrogen-bond acceptors (Lipinski definition) is 5. The average Bonchev–Trinajstić information content (AvgIpc) is 2.81. The van der Waals surface area contributed by atoms with Gasteiger partial charge in [0.1, 0.15) is 0 Å². The maximum atomic E-state index is 11.8. The quantitative estimate of drug-likeness (QED) is 0.903. The molecular formula is C13H17N3O3S2. The van der Waals surface area contributed by atoms with Crippen LogP contribution in [0.15, 0.2) is 22.5 Å². The number of rotatable bonds is 4. The molecule has 0 unspecified atom stereocenters. The fraction of sp³-hybridized carbons (Fsp3) is 0.385. The molecule has 0 spiro atoms. The van der Waals surface area contributed by atoms with Gasteiger partial charge in [0.05, 0.1) is 16.0 Å². The van der Waals surface area contributed by atoms with Gasteiger partial charge in [0.25, 0.3) is 0 Å². The van der Waals surface area contributed by atoms with E-state index in [0.29, 0.717) is 11.2 Å². The summed E-state index contributed by atoms with van der Waals surface area (Å²) in [5.74, 6) is 0.0225. The lowest BCUT2D eigenvalue weighted by Gasteiger charge is -2.09. The van der Waals surface area contributed by atoms with E-state index in [1.807, 2.05) is 13.8 Å². The first-order valence-electron chi connectivity index (χ1n) is 6.52. The minimum Gasteiger partial charge on any atom is -0.336 e. The number of nitrogens with one attached hydrogen (secondary N) is 2. The van der Waals surface area contributed by atoms with Gasteiger partial charge in [0, 0.05) is 11.7 Å². The third kappa shape index (κ3) is 3.70. The van der Waals surface area contributed by atoms with Crippen molar-refractivity contribution in [1.82, 2.24) is 10.3 Å². The van der Waals surface area contributed by atoms with Crippen LogP contribution in [0.3, 0.4) is 0 Å². The van der Waals surface area contributed by atoms with Crippen LogP contribution in [0.25, 0.3) is 10.2 Å². The van der Waals surface area contributed by atoms with Crippen molar-refractivity contribution < 1.29 is 13.2 Å². The number of anilines is 1. The first-order chi connectivity index (χ1) is 9.81. The second-order valence-corrected chi connectivity index (χ2v) is 8.30. The highest BCUT2D eigenvalue weighted by Gasteiger charge is 2.17. The standard InChI is InChI=1S/C13H17N3O3S2/c1-4-21(18,19)13-16-10-6-5-9(7-11(10)20-13)15-12(17)14-8(2)3/h5-8H,4H2,1-3H3,(H2,14,15,17). The Balaban J connectivity index is 2.28. The Kier molecular flexibility index (Phi) is 4.48. The fourth-order valence-electron chi connectivity index (χ4n) is 1.67. The molecule has 0 saturated carbocycles. The largest absolute Gasteiger partial charge is 0.336 e. The SMILES string of the molecule is CCS(=O)(=O)c1nc2ccc(NC(=O)NC(C)C)cc2s1. The van der Waals surface area contributed by atoms with Crippen molar-refractivity contribution in [2.75, 3.05) is 11.1 Å². The molecule has 1 heterocycles. The van der Waals surface area contributed by atoms with Crippen LogP contribution in [0.5, 0.6) is 0 Å². The number of carbonyl (C=O) groups is 1. The van der Waals surface area contributed by atoms with E-state index in [0.717, 1.165) is 16.0 Å². The topological polar surface area (TPSA) is 88.2 Å². The van der Waals surface area contributed by atoms with Crippen LogP contribution in [-0.2, 0) is 9.84 Å². The van der Waals surface area contributed by atoms with Gasteiger partial charge in [-0.05, 0) is 32.0 Å². The highest BCUT2D eigenvalue weighted by atomic mass is 32.2. The normalized spacial score (nSPS) is 11.8. The van der Waals surface area contributed by atoms with Gasteiger partial charge in [-0.1, -0.05) is 6.92 Å². The Morgan fingerprint density at radius 1 is 1.38 bits per heavy atom. The van der Waals surface area contributed by atoms with Gasteiger partial charge in [-0.2, -0.15) is 0 Å². The van der Waals surface area contributed by atoms with Crippen molar-refractivity contribution in [3.63, 3.8) is 0 Å². The summed E-state index contributed by atoms with van der Waals surface area (Å²) >= 11 is 1.11. The number of carbonyl (C=O) groups excluding carboxylic acids is 1. The van der Waals surface area contributed by atoms with Gasteiger partial charge >= 0.3 is 6.03 Å². The van der Waals surface area contributed by atoms with Crippen molar-refractivity contribution in [1.29, 1.82) is 0 Å². The van der Waals surface area contributed by atoms with E-state index >= 15 is 0 Å². The lowest BCUT2D eigenvalue weighted by molar-refractivity contribution is 0.250. The monoisotopic (exact) mass is 327 g/mol. The molecule has 2 N–H and O–H groups in total. The molecule has 0 aliphatic rings. The summed E-state index contributed by atoms with van der Waals surface area (Å²) in [7, 11) is -3.30. The third-order valence-electron chi connectivity index (χ3n) is 2.69. The van der Waals surface area contributed by atoms with E-state index in [-0.39, 0.29) is 22.2 Å². The van der Waals surface area contributed by atoms with Crippen molar-refractivity contribution in [2.24, 2.45) is 0 Å². The molecule has 21 heavy (non-hydrogen) atoms. The van der Waals surface area contributed by atoms with Crippen LogP contribution < -0.4 is 10.6 Å². The highest BCUT2D eigenvalue weighted by molar-refractivity contribution is 7.93. The average molecular weight is 327 g/mol. The number of aromatic nitrogens is 1. The van der Waals surface area contributed by atoms with Crippen LogP contribution in [0.4, 0.5) is 10.5 Å². The van der Waals surface area contributed by atoms with E-state index in [1.165, 1.54) is 0 Å². The molecule has 0 atom stereocenters. The third-order valence-corrected chi connectivity index (χ3v) is 5.90. The molecule has 0 aliphatic carbocycles. The predicted octanol–water partition coefficient (Wildman–Crippen LogP) is 2.62. The summed E-state index contributed by atoms with van der Waals surface area (Å²) in [6.45, 7) is 5.33. The van der Waals surface area contributed by atoms with Crippen molar-refractivity contribution in [3.05, 3.63) is 18.2 Å². The molecule has 2 aromatic rings. The predicted molar refractivity (Wildman–Crippen MR) is 84.6 cm³/mol. The van der Waals surface area contributed by atoms with Gasteiger partial charge in [0.2, 0.25) is 14.2 Å². The summed E-state index contributed by atoms with van der Waals surface area (Å²) in [4.78, 5) is 15.8. The van der Waals surface area contributed by atoms with Gasteiger partial charge in [-0.25, -0.2) is 18.2 Å². The molecule has 0 radical (unpaired) electrons. The molecule has 1 aromatic carbocycles. The molecule has 0 saturated heterocycles. The van der Waals surface area contributed by atoms with E-state index < -0.39 is 9.84 Å². The number of nitrogens with zero attached hydrogens (tertiary/aromatic N) is 1. The van der Waals surface area contributed by atoms with Crippen LogP contribution in [-0.4, -0.2) is 31.2 Å². The zero-order chi connectivity index (χ0) is 15.6. The van der Waals surface area contributed by atoms with Crippen molar-refractivity contribution >= 4 is 43.1 Å². The summed E-state index contributed by atoms with van der Waals surface area (Å²) < 4.78 is 24.5. The van der Waals surface area contributed by atoms with Crippen molar-refractivity contribution in [2.45, 2.75) is 31.2 Å². The van der Waals surface area contributed by atoms with Gasteiger partial charge in [0.15, 0.2) is 0 Å². The lowest BCUT2D eigenvalue weighted by Crippen LogP contribution is -2.34. The molecule has 2 amide bonds. The Morgan fingerprint density at radius 2 is 2.10 bits per heavy atom. The second kappa shape index (κ2) is 5.98. The van der Waals surface area contributed by atoms with Crippen molar-refractivity contribution in [3.8, 4) is 0 Å². The molecule has 0 aliphatic heterocycles. The van der Waals surface area contributed by atoms with Gasteiger partial charge < -0.3 is 10.6 Å². The summed E-state index contributed by atoms with van der Waals surface area (Å²) in [5.41, 5.74) is 1.21. The number of sulfone groups is 1. The maximum absolute atomic E-state index is 11.8. The maximum Gasteiger partial charge on any atom is 0.319 e.